The minimum Gasteiger partial charge on any atom is -0.444 e. The van der Waals surface area contributed by atoms with E-state index in [1.54, 1.807) is 12.5 Å². The lowest BCUT2D eigenvalue weighted by molar-refractivity contribution is -0.131. The Morgan fingerprint density at radius 1 is 0.596 bits per heavy atom. The molecule has 0 aromatic carbocycles. The Bertz CT molecular complexity index is 902. The zero-order valence-corrected chi connectivity index (χ0v) is 28.1. The zero-order chi connectivity index (χ0) is 34.3. The van der Waals surface area contributed by atoms with Crippen molar-refractivity contribution in [3.63, 3.8) is 0 Å². The number of H-pyrrole nitrogens is 1. The van der Waals surface area contributed by atoms with Crippen LogP contribution in [0.5, 0.6) is 0 Å². The molecule has 0 spiro atoms. The molecule has 3 amide bonds. The molecule has 0 aliphatic rings. The Balaban J connectivity index is 1.70. The summed E-state index contributed by atoms with van der Waals surface area (Å²) >= 11 is 0. The fourth-order valence-electron chi connectivity index (χ4n) is 3.32. The summed E-state index contributed by atoms with van der Waals surface area (Å²) in [6, 6.07) is 0. The first-order valence-electron chi connectivity index (χ1n) is 15.9. The number of rotatable bonds is 31. The van der Waals surface area contributed by atoms with Crippen LogP contribution in [-0.4, -0.2) is 159 Å². The Kier molecular flexibility index (Phi) is 26.2. The molecular weight excluding hydrogens is 622 g/mol. The molecule has 1 heterocycles. The first-order chi connectivity index (χ1) is 22.8. The highest BCUT2D eigenvalue weighted by Gasteiger charge is 2.15. The molecule has 0 aliphatic heterocycles. The Morgan fingerprint density at radius 3 is 1.40 bits per heavy atom. The Morgan fingerprint density at radius 2 is 1.00 bits per heavy atom. The molecule has 0 atom stereocenters. The molecule has 47 heavy (non-hydrogen) atoms. The molecule has 0 radical (unpaired) electrons. The van der Waals surface area contributed by atoms with Gasteiger partial charge in [0.25, 0.3) is 0 Å². The number of carbonyl (C=O) groups excluding carboxylic acids is 3. The Labute approximate surface area is 277 Å². The van der Waals surface area contributed by atoms with Crippen LogP contribution in [0.2, 0.25) is 0 Å². The normalized spacial score (nSPS) is 11.4. The standard InChI is InChI=1S/C30H55N5O12/c1-30(2,3)47-29(38)34-7-9-40-11-13-42-15-17-44-19-21-45-20-18-43-16-14-41-12-10-39-8-6-33-28(37)24-46-23-27(36)32-5-4-26-22-31-25-35-26/h22,25H,4-21,23-24H2,1-3H3,(H,31,35)(H,32,36)(H,33,37)(H,34,38). The summed E-state index contributed by atoms with van der Waals surface area (Å²) in [6.45, 7) is 12.2. The molecule has 1 rings (SSSR count). The number of aromatic nitrogens is 2. The van der Waals surface area contributed by atoms with Crippen LogP contribution in [0.1, 0.15) is 26.5 Å². The minimum absolute atomic E-state index is 0.188. The van der Waals surface area contributed by atoms with Crippen molar-refractivity contribution >= 4 is 17.9 Å². The molecule has 0 aliphatic carbocycles. The second-order valence-corrected chi connectivity index (χ2v) is 10.7. The summed E-state index contributed by atoms with van der Waals surface area (Å²) in [6.07, 6.45) is 3.45. The maximum Gasteiger partial charge on any atom is 0.407 e. The predicted molar refractivity (Wildman–Crippen MR) is 169 cm³/mol. The van der Waals surface area contributed by atoms with Crippen LogP contribution in [0.4, 0.5) is 4.79 Å². The van der Waals surface area contributed by atoms with Gasteiger partial charge in [0.05, 0.1) is 98.8 Å². The average molecular weight is 678 g/mol. The molecule has 0 fully saturated rings. The van der Waals surface area contributed by atoms with Gasteiger partial charge in [-0.25, -0.2) is 9.78 Å². The summed E-state index contributed by atoms with van der Waals surface area (Å²) in [5, 5.41) is 7.98. The van der Waals surface area contributed by atoms with E-state index in [9.17, 15) is 14.4 Å². The number of alkyl carbamates (subject to hydrolysis) is 1. The van der Waals surface area contributed by atoms with E-state index in [0.717, 1.165) is 5.69 Å². The number of nitrogens with zero attached hydrogens (tertiary/aromatic N) is 1. The van der Waals surface area contributed by atoms with Gasteiger partial charge in [-0.05, 0) is 20.8 Å². The molecule has 272 valence electrons. The highest BCUT2D eigenvalue weighted by Crippen LogP contribution is 2.06. The fraction of sp³-hybridized carbons (Fsp3) is 0.800. The van der Waals surface area contributed by atoms with Crippen molar-refractivity contribution in [2.75, 3.05) is 125 Å². The zero-order valence-electron chi connectivity index (χ0n) is 28.1. The fourth-order valence-corrected chi connectivity index (χ4v) is 3.32. The number of aromatic amines is 1. The minimum atomic E-state index is -0.520. The van der Waals surface area contributed by atoms with Crippen molar-refractivity contribution in [1.82, 2.24) is 25.9 Å². The van der Waals surface area contributed by atoms with Crippen LogP contribution in [0.15, 0.2) is 12.5 Å². The van der Waals surface area contributed by atoms with Gasteiger partial charge in [-0.3, -0.25) is 9.59 Å². The SMILES string of the molecule is CC(C)(C)OC(=O)NCCOCCOCCOCCOCCOCCOCCOCCNC(=O)COCC(=O)NCCc1cnc[nH]1. The number of hydrogen-bond acceptors (Lipinski definition) is 13. The highest BCUT2D eigenvalue weighted by atomic mass is 16.6. The average Bonchev–Trinajstić information content (AvgIpc) is 3.54. The van der Waals surface area contributed by atoms with E-state index in [1.807, 2.05) is 20.8 Å². The third-order valence-corrected chi connectivity index (χ3v) is 5.45. The van der Waals surface area contributed by atoms with Crippen molar-refractivity contribution in [2.24, 2.45) is 0 Å². The summed E-state index contributed by atoms with van der Waals surface area (Å²) in [5.41, 5.74) is 0.405. The second-order valence-electron chi connectivity index (χ2n) is 10.7. The van der Waals surface area contributed by atoms with Gasteiger partial charge in [0.1, 0.15) is 18.8 Å². The van der Waals surface area contributed by atoms with Crippen LogP contribution in [0, 0.1) is 0 Å². The van der Waals surface area contributed by atoms with Gasteiger partial charge in [0.15, 0.2) is 0 Å². The second kappa shape index (κ2) is 29.3. The first kappa shape index (κ1) is 42.1. The third kappa shape index (κ3) is 30.2. The van der Waals surface area contributed by atoms with Crippen molar-refractivity contribution in [3.8, 4) is 0 Å². The lowest BCUT2D eigenvalue weighted by atomic mass is 10.2. The topological polar surface area (TPSA) is 199 Å². The molecule has 4 N–H and O–H groups in total. The molecule has 0 saturated carbocycles. The van der Waals surface area contributed by atoms with E-state index < -0.39 is 11.7 Å². The quantitative estimate of drug-likeness (QED) is 0.0757. The van der Waals surface area contributed by atoms with E-state index in [2.05, 4.69) is 25.9 Å². The number of imidazole rings is 1. The van der Waals surface area contributed by atoms with Crippen molar-refractivity contribution < 1.29 is 57.0 Å². The summed E-state index contributed by atoms with van der Waals surface area (Å²) in [7, 11) is 0. The smallest absolute Gasteiger partial charge is 0.407 e. The highest BCUT2D eigenvalue weighted by molar-refractivity contribution is 5.79. The van der Waals surface area contributed by atoms with Gasteiger partial charge in [0.2, 0.25) is 11.8 Å². The van der Waals surface area contributed by atoms with Crippen molar-refractivity contribution in [2.45, 2.75) is 32.8 Å². The third-order valence-electron chi connectivity index (χ3n) is 5.45. The van der Waals surface area contributed by atoms with Crippen molar-refractivity contribution in [1.29, 1.82) is 0 Å². The van der Waals surface area contributed by atoms with Gasteiger partial charge >= 0.3 is 6.09 Å². The maximum absolute atomic E-state index is 11.7. The number of ether oxygens (including phenoxy) is 9. The summed E-state index contributed by atoms with van der Waals surface area (Å²) < 4.78 is 48.2. The van der Waals surface area contributed by atoms with Gasteiger partial charge in [-0.15, -0.1) is 0 Å². The molecule has 17 nitrogen and oxygen atoms in total. The monoisotopic (exact) mass is 677 g/mol. The van der Waals surface area contributed by atoms with Crippen LogP contribution in [0.25, 0.3) is 0 Å². The van der Waals surface area contributed by atoms with Crippen molar-refractivity contribution in [3.05, 3.63) is 18.2 Å². The molecule has 0 bridgehead atoms. The molecule has 0 unspecified atom stereocenters. The van der Waals surface area contributed by atoms with Gasteiger partial charge < -0.3 is 63.6 Å². The number of amides is 3. The summed E-state index contributed by atoms with van der Waals surface area (Å²) in [4.78, 5) is 41.8. The van der Waals surface area contributed by atoms with Crippen LogP contribution >= 0.6 is 0 Å². The van der Waals surface area contributed by atoms with E-state index >= 15 is 0 Å². The maximum atomic E-state index is 11.7. The van der Waals surface area contributed by atoms with Crippen LogP contribution < -0.4 is 16.0 Å². The van der Waals surface area contributed by atoms with Crippen LogP contribution in [-0.2, 0) is 58.6 Å². The predicted octanol–water partition coefficient (Wildman–Crippen LogP) is -0.158. The lowest BCUT2D eigenvalue weighted by Crippen LogP contribution is -2.34. The first-order valence-corrected chi connectivity index (χ1v) is 15.9. The van der Waals surface area contributed by atoms with E-state index in [4.69, 9.17) is 42.6 Å². The van der Waals surface area contributed by atoms with Gasteiger partial charge in [-0.1, -0.05) is 0 Å². The van der Waals surface area contributed by atoms with E-state index in [-0.39, 0.29) is 25.0 Å². The van der Waals surface area contributed by atoms with Gasteiger partial charge in [0, 0.05) is 37.9 Å². The van der Waals surface area contributed by atoms with E-state index in [0.29, 0.717) is 119 Å². The largest absolute Gasteiger partial charge is 0.444 e. The van der Waals surface area contributed by atoms with E-state index in [1.165, 1.54) is 0 Å². The molecule has 1 aromatic heterocycles. The molecule has 17 heteroatoms. The number of nitrogens with one attached hydrogen (secondary N) is 4. The van der Waals surface area contributed by atoms with Crippen LogP contribution in [0.3, 0.4) is 0 Å². The molecular formula is C30H55N5O12. The molecule has 0 saturated heterocycles. The van der Waals surface area contributed by atoms with Gasteiger partial charge in [-0.2, -0.15) is 0 Å². The molecule has 1 aromatic rings. The number of carbonyl (C=O) groups is 3. The number of hydrogen-bond donors (Lipinski definition) is 4. The summed E-state index contributed by atoms with van der Waals surface area (Å²) in [5.74, 6) is -0.611. The Hall–Kier alpha value is -2.90. The lowest BCUT2D eigenvalue weighted by Gasteiger charge is -2.19.